The molecule has 0 bridgehead atoms. The number of nitrogens with one attached hydrogen (secondary N) is 1. The molecule has 31 heavy (non-hydrogen) atoms. The number of rotatable bonds is 5. The lowest BCUT2D eigenvalue weighted by molar-refractivity contribution is -0.0136. The number of pyridine rings is 1. The van der Waals surface area contributed by atoms with E-state index in [2.05, 4.69) is 15.3 Å². The first-order valence-electron chi connectivity index (χ1n) is 10.1. The Kier molecular flexibility index (Phi) is 5.79. The summed E-state index contributed by atoms with van der Waals surface area (Å²) in [5.41, 5.74) is 0.998. The highest BCUT2D eigenvalue weighted by molar-refractivity contribution is 5.87. The number of fused-ring (bicyclic) bond motifs is 1. The van der Waals surface area contributed by atoms with Crippen molar-refractivity contribution in [2.45, 2.75) is 38.5 Å². The number of halogens is 1. The Morgan fingerprint density at radius 3 is 2.87 bits per heavy atom. The van der Waals surface area contributed by atoms with Gasteiger partial charge < -0.3 is 19.7 Å². The van der Waals surface area contributed by atoms with Crippen molar-refractivity contribution < 1.29 is 19.0 Å². The van der Waals surface area contributed by atoms with E-state index < -0.39 is 11.9 Å². The third-order valence-corrected chi connectivity index (χ3v) is 5.38. The number of aliphatic hydroxyl groups excluding tert-OH is 1. The molecule has 1 aliphatic heterocycles. The van der Waals surface area contributed by atoms with Crippen LogP contribution in [0.25, 0.3) is 22.2 Å². The van der Waals surface area contributed by atoms with Crippen molar-refractivity contribution in [3.05, 3.63) is 52.2 Å². The number of aromatic nitrogens is 3. The summed E-state index contributed by atoms with van der Waals surface area (Å²) in [7, 11) is 0. The highest BCUT2D eigenvalue weighted by atomic mass is 19.1. The molecule has 3 aromatic rings. The van der Waals surface area contributed by atoms with Crippen LogP contribution in [0.4, 0.5) is 10.3 Å². The summed E-state index contributed by atoms with van der Waals surface area (Å²) in [4.78, 5) is 32.3. The quantitative estimate of drug-likeness (QED) is 0.604. The minimum Gasteiger partial charge on any atom is -0.389 e. The molecule has 1 aliphatic rings. The number of anilines is 1. The molecule has 0 spiro atoms. The Labute approximate surface area is 177 Å². The summed E-state index contributed by atoms with van der Waals surface area (Å²) >= 11 is 0. The molecular weight excluding hydrogens is 403 g/mol. The highest BCUT2D eigenvalue weighted by Gasteiger charge is 2.24. The molecule has 2 atom stereocenters. The monoisotopic (exact) mass is 426 g/mol. The molecule has 1 saturated heterocycles. The van der Waals surface area contributed by atoms with Crippen molar-refractivity contribution in [1.82, 2.24) is 14.5 Å². The largest absolute Gasteiger partial charge is 0.389 e. The normalized spacial score (nSPS) is 19.0. The van der Waals surface area contributed by atoms with Crippen molar-refractivity contribution >= 4 is 23.1 Å². The molecule has 4 rings (SSSR count). The molecule has 0 amide bonds. The summed E-state index contributed by atoms with van der Waals surface area (Å²) in [6, 6.07) is 5.79. The topological polar surface area (TPSA) is 106 Å². The van der Waals surface area contributed by atoms with Crippen molar-refractivity contribution in [1.29, 1.82) is 0 Å². The molecule has 9 heteroatoms. The van der Waals surface area contributed by atoms with Gasteiger partial charge in [0, 0.05) is 29.7 Å². The van der Waals surface area contributed by atoms with E-state index in [1.807, 2.05) is 13.8 Å². The van der Waals surface area contributed by atoms with Gasteiger partial charge in [0.1, 0.15) is 5.69 Å². The van der Waals surface area contributed by atoms with E-state index in [0.717, 1.165) is 6.20 Å². The van der Waals surface area contributed by atoms with Gasteiger partial charge in [0.15, 0.2) is 17.5 Å². The van der Waals surface area contributed by atoms with E-state index in [4.69, 9.17) is 4.74 Å². The van der Waals surface area contributed by atoms with Crippen molar-refractivity contribution in [2.75, 3.05) is 18.5 Å². The number of carbonyl (C=O) groups excluding carboxylic acids is 1. The summed E-state index contributed by atoms with van der Waals surface area (Å²) < 4.78 is 21.6. The van der Waals surface area contributed by atoms with Gasteiger partial charge in [-0.3, -0.25) is 9.59 Å². The van der Waals surface area contributed by atoms with Crippen LogP contribution in [-0.4, -0.2) is 51.3 Å². The van der Waals surface area contributed by atoms with Crippen LogP contribution in [0.3, 0.4) is 0 Å². The molecule has 2 aromatic heterocycles. The maximum absolute atomic E-state index is 14.6. The zero-order valence-corrected chi connectivity index (χ0v) is 17.2. The van der Waals surface area contributed by atoms with Gasteiger partial charge in [-0.25, -0.2) is 14.4 Å². The van der Waals surface area contributed by atoms with Gasteiger partial charge in [0.05, 0.1) is 36.2 Å². The molecule has 1 aromatic carbocycles. The van der Waals surface area contributed by atoms with E-state index in [-0.39, 0.29) is 41.5 Å². The predicted octanol–water partition coefficient (Wildman–Crippen LogP) is 2.55. The molecule has 8 nitrogen and oxygen atoms in total. The number of hydrogen-bond acceptors (Lipinski definition) is 7. The lowest BCUT2D eigenvalue weighted by atomic mass is 10.1. The third kappa shape index (κ3) is 4.06. The van der Waals surface area contributed by atoms with Gasteiger partial charge in [-0.2, -0.15) is 0 Å². The fourth-order valence-electron chi connectivity index (χ4n) is 3.87. The SMILES string of the molecule is CC(C)n1c(C=O)cc(=O)c2ccc(-c3nc(N[C@@H]4CCOC[C@H]4O)ncc3F)cc21. The van der Waals surface area contributed by atoms with E-state index in [0.29, 0.717) is 35.8 Å². The van der Waals surface area contributed by atoms with Gasteiger partial charge >= 0.3 is 0 Å². The minimum atomic E-state index is -0.714. The van der Waals surface area contributed by atoms with Gasteiger partial charge in [-0.15, -0.1) is 0 Å². The van der Waals surface area contributed by atoms with Crippen LogP contribution in [-0.2, 0) is 4.74 Å². The number of carbonyl (C=O) groups is 1. The van der Waals surface area contributed by atoms with Gasteiger partial charge in [-0.05, 0) is 32.4 Å². The second-order valence-electron chi connectivity index (χ2n) is 7.82. The lowest BCUT2D eigenvalue weighted by Gasteiger charge is -2.28. The summed E-state index contributed by atoms with van der Waals surface area (Å²) in [6.07, 6.45) is 1.56. The Balaban J connectivity index is 1.80. The highest BCUT2D eigenvalue weighted by Crippen LogP contribution is 2.27. The van der Waals surface area contributed by atoms with Crippen LogP contribution in [0.1, 0.15) is 36.8 Å². The Hall–Kier alpha value is -3.17. The van der Waals surface area contributed by atoms with Crippen LogP contribution < -0.4 is 10.7 Å². The maximum atomic E-state index is 14.6. The number of nitrogens with zero attached hydrogens (tertiary/aromatic N) is 3. The second kappa shape index (κ2) is 8.52. The van der Waals surface area contributed by atoms with Gasteiger partial charge in [-0.1, -0.05) is 6.07 Å². The van der Waals surface area contributed by atoms with Gasteiger partial charge in [0.2, 0.25) is 5.95 Å². The van der Waals surface area contributed by atoms with Gasteiger partial charge in [0.25, 0.3) is 0 Å². The molecule has 1 fully saturated rings. The minimum absolute atomic E-state index is 0.0558. The van der Waals surface area contributed by atoms with Crippen molar-refractivity contribution in [2.24, 2.45) is 0 Å². The molecule has 0 saturated carbocycles. The molecular formula is C22H23FN4O4. The number of ether oxygens (including phenoxy) is 1. The summed E-state index contributed by atoms with van der Waals surface area (Å²) in [5.74, 6) is -0.437. The molecule has 2 N–H and O–H groups in total. The fourth-order valence-corrected chi connectivity index (χ4v) is 3.87. The number of aldehydes is 1. The van der Waals surface area contributed by atoms with E-state index in [9.17, 15) is 19.1 Å². The lowest BCUT2D eigenvalue weighted by Crippen LogP contribution is -2.42. The second-order valence-corrected chi connectivity index (χ2v) is 7.82. The van der Waals surface area contributed by atoms with Crippen molar-refractivity contribution in [3.63, 3.8) is 0 Å². The average molecular weight is 426 g/mol. The predicted molar refractivity (Wildman–Crippen MR) is 114 cm³/mol. The Morgan fingerprint density at radius 1 is 1.35 bits per heavy atom. The van der Waals surface area contributed by atoms with Crippen LogP contribution in [0.2, 0.25) is 0 Å². The van der Waals surface area contributed by atoms with E-state index in [1.165, 1.54) is 6.07 Å². The van der Waals surface area contributed by atoms with Crippen LogP contribution in [0.5, 0.6) is 0 Å². The molecule has 3 heterocycles. The first-order chi connectivity index (χ1) is 14.9. The van der Waals surface area contributed by atoms with E-state index >= 15 is 0 Å². The standard InChI is InChI=1S/C22H23FN4O4/c1-12(2)27-14(10-28)8-19(29)15-4-3-13(7-18(15)27)21-16(23)9-24-22(26-21)25-17-5-6-31-11-20(17)30/h3-4,7-10,12,17,20,30H,5-6,11H2,1-2H3,(H,24,25,26)/t17-,20-/m1/s1. The smallest absolute Gasteiger partial charge is 0.223 e. The molecule has 162 valence electrons. The molecule has 0 unspecified atom stereocenters. The Bertz CT molecular complexity index is 1190. The molecule has 0 aliphatic carbocycles. The summed E-state index contributed by atoms with van der Waals surface area (Å²) in [5, 5.41) is 13.5. The number of benzene rings is 1. The average Bonchev–Trinajstić information content (AvgIpc) is 2.75. The maximum Gasteiger partial charge on any atom is 0.223 e. The fraction of sp³-hybridized carbons (Fsp3) is 0.364. The zero-order chi connectivity index (χ0) is 22.1. The summed E-state index contributed by atoms with van der Waals surface area (Å²) in [6.45, 7) is 4.51. The Morgan fingerprint density at radius 2 is 2.16 bits per heavy atom. The first-order valence-corrected chi connectivity index (χ1v) is 10.1. The third-order valence-electron chi connectivity index (χ3n) is 5.38. The number of hydrogen-bond donors (Lipinski definition) is 2. The van der Waals surface area contributed by atoms with Crippen LogP contribution >= 0.6 is 0 Å². The molecule has 0 radical (unpaired) electrons. The first kappa shape index (κ1) is 21.1. The van der Waals surface area contributed by atoms with E-state index in [1.54, 1.807) is 22.8 Å². The zero-order valence-electron chi connectivity index (χ0n) is 17.2. The number of aliphatic hydroxyl groups is 1. The van der Waals surface area contributed by atoms with Crippen LogP contribution in [0, 0.1) is 5.82 Å². The van der Waals surface area contributed by atoms with Crippen molar-refractivity contribution in [3.8, 4) is 11.3 Å². The van der Waals surface area contributed by atoms with Crippen LogP contribution in [0.15, 0.2) is 35.3 Å².